The summed E-state index contributed by atoms with van der Waals surface area (Å²) >= 11 is 1.01. The number of methoxy groups -OCH3 is 1. The van der Waals surface area contributed by atoms with E-state index >= 15 is 0 Å². The SMILES string of the molecule is COc1ncc(OCC(F)(F)F)c2sc(N)nc12. The van der Waals surface area contributed by atoms with Gasteiger partial charge in [-0.1, -0.05) is 11.3 Å². The van der Waals surface area contributed by atoms with E-state index in [1.165, 1.54) is 7.11 Å². The number of nitrogens with two attached hydrogens (primary N) is 1. The summed E-state index contributed by atoms with van der Waals surface area (Å²) in [6.07, 6.45) is -3.26. The van der Waals surface area contributed by atoms with Crippen molar-refractivity contribution in [2.24, 2.45) is 0 Å². The molecule has 0 unspecified atom stereocenters. The van der Waals surface area contributed by atoms with Crippen LogP contribution in [-0.2, 0) is 0 Å². The van der Waals surface area contributed by atoms with E-state index in [9.17, 15) is 13.2 Å². The Kier molecular flexibility index (Phi) is 3.16. The van der Waals surface area contributed by atoms with E-state index in [1.54, 1.807) is 0 Å². The molecule has 0 amide bonds. The van der Waals surface area contributed by atoms with E-state index in [-0.39, 0.29) is 16.8 Å². The summed E-state index contributed by atoms with van der Waals surface area (Å²) in [5.41, 5.74) is 5.80. The Hall–Kier alpha value is -1.77. The highest BCUT2D eigenvalue weighted by atomic mass is 32.1. The third-order valence-corrected chi connectivity index (χ3v) is 2.85. The molecule has 0 spiro atoms. The molecule has 0 aliphatic carbocycles. The number of rotatable bonds is 3. The number of hydrogen-bond acceptors (Lipinski definition) is 6. The number of thiazole rings is 1. The Morgan fingerprint density at radius 2 is 2.17 bits per heavy atom. The molecular weight excluding hydrogens is 271 g/mol. The van der Waals surface area contributed by atoms with Crippen LogP contribution in [0.25, 0.3) is 10.2 Å². The van der Waals surface area contributed by atoms with Gasteiger partial charge in [-0.3, -0.25) is 0 Å². The van der Waals surface area contributed by atoms with Gasteiger partial charge in [0.1, 0.15) is 10.2 Å². The second-order valence-electron chi connectivity index (χ2n) is 3.27. The molecule has 0 atom stereocenters. The zero-order valence-electron chi connectivity index (χ0n) is 9.11. The van der Waals surface area contributed by atoms with Crippen LogP contribution in [0.2, 0.25) is 0 Å². The molecule has 2 N–H and O–H groups in total. The minimum absolute atomic E-state index is 0.0164. The molecule has 0 aromatic carbocycles. The van der Waals surface area contributed by atoms with Crippen molar-refractivity contribution in [2.75, 3.05) is 19.5 Å². The van der Waals surface area contributed by atoms with E-state index in [4.69, 9.17) is 10.5 Å². The number of nitrogens with zero attached hydrogens (tertiary/aromatic N) is 2. The van der Waals surface area contributed by atoms with Gasteiger partial charge in [-0.15, -0.1) is 0 Å². The fourth-order valence-corrected chi connectivity index (χ4v) is 2.09. The van der Waals surface area contributed by atoms with Crippen LogP contribution >= 0.6 is 11.3 Å². The number of aromatic nitrogens is 2. The molecule has 2 heterocycles. The maximum Gasteiger partial charge on any atom is 0.422 e. The number of alkyl halides is 3. The number of ether oxygens (including phenoxy) is 2. The zero-order chi connectivity index (χ0) is 13.3. The normalized spacial score (nSPS) is 11.8. The lowest BCUT2D eigenvalue weighted by atomic mass is 10.4. The molecule has 9 heteroatoms. The van der Waals surface area contributed by atoms with Crippen LogP contribution in [0.4, 0.5) is 18.3 Å². The summed E-state index contributed by atoms with van der Waals surface area (Å²) in [6.45, 7) is -1.39. The second kappa shape index (κ2) is 4.48. The molecule has 98 valence electrons. The zero-order valence-corrected chi connectivity index (χ0v) is 9.93. The molecule has 0 fully saturated rings. The summed E-state index contributed by atoms with van der Waals surface area (Å²) in [5, 5.41) is 0.202. The Balaban J connectivity index is 2.40. The number of halogens is 3. The van der Waals surface area contributed by atoms with Crippen molar-refractivity contribution in [3.05, 3.63) is 6.20 Å². The van der Waals surface area contributed by atoms with Gasteiger partial charge in [0, 0.05) is 0 Å². The van der Waals surface area contributed by atoms with Crippen molar-refractivity contribution in [3.8, 4) is 11.6 Å². The minimum Gasteiger partial charge on any atom is -0.481 e. The van der Waals surface area contributed by atoms with Crippen molar-refractivity contribution in [2.45, 2.75) is 6.18 Å². The van der Waals surface area contributed by atoms with Crippen molar-refractivity contribution < 1.29 is 22.6 Å². The minimum atomic E-state index is -4.41. The van der Waals surface area contributed by atoms with Crippen molar-refractivity contribution in [1.29, 1.82) is 0 Å². The van der Waals surface area contributed by atoms with Gasteiger partial charge in [-0.05, 0) is 0 Å². The van der Waals surface area contributed by atoms with Gasteiger partial charge in [-0.25, -0.2) is 9.97 Å². The molecule has 0 aliphatic heterocycles. The van der Waals surface area contributed by atoms with Gasteiger partial charge in [0.15, 0.2) is 17.5 Å². The van der Waals surface area contributed by atoms with Crippen LogP contribution < -0.4 is 15.2 Å². The maximum absolute atomic E-state index is 12.1. The number of hydrogen-bond donors (Lipinski definition) is 1. The summed E-state index contributed by atoms with van der Waals surface area (Å²) in [5.74, 6) is 0.176. The molecule has 2 rings (SSSR count). The number of anilines is 1. The summed E-state index contributed by atoms with van der Waals surface area (Å²) in [7, 11) is 1.38. The lowest BCUT2D eigenvalue weighted by Gasteiger charge is -2.09. The van der Waals surface area contributed by atoms with Crippen LogP contribution in [0.15, 0.2) is 6.20 Å². The molecular formula is C9H8F3N3O2S. The number of nitrogen functional groups attached to an aromatic ring is 1. The Labute approximate surface area is 103 Å². The van der Waals surface area contributed by atoms with Crippen LogP contribution in [-0.4, -0.2) is 29.9 Å². The van der Waals surface area contributed by atoms with Crippen molar-refractivity contribution >= 4 is 26.7 Å². The summed E-state index contributed by atoms with van der Waals surface area (Å²) in [6, 6.07) is 0. The van der Waals surface area contributed by atoms with E-state index in [0.29, 0.717) is 10.2 Å². The predicted molar refractivity (Wildman–Crippen MR) is 59.9 cm³/mol. The Bertz CT molecular complexity index is 570. The van der Waals surface area contributed by atoms with Crippen LogP contribution in [0.1, 0.15) is 0 Å². The lowest BCUT2D eigenvalue weighted by Crippen LogP contribution is -2.19. The Morgan fingerprint density at radius 1 is 1.44 bits per heavy atom. The van der Waals surface area contributed by atoms with Crippen LogP contribution in [0.5, 0.6) is 11.6 Å². The average Bonchev–Trinajstić information content (AvgIpc) is 2.66. The molecule has 18 heavy (non-hydrogen) atoms. The molecule has 0 bridgehead atoms. The first kappa shape index (κ1) is 12.7. The third kappa shape index (κ3) is 2.55. The average molecular weight is 279 g/mol. The van der Waals surface area contributed by atoms with Crippen molar-refractivity contribution in [3.63, 3.8) is 0 Å². The first-order valence-electron chi connectivity index (χ1n) is 4.69. The molecule has 5 nitrogen and oxygen atoms in total. The third-order valence-electron chi connectivity index (χ3n) is 1.95. The largest absolute Gasteiger partial charge is 0.481 e. The molecule has 0 saturated heterocycles. The highest BCUT2D eigenvalue weighted by molar-refractivity contribution is 7.22. The van der Waals surface area contributed by atoms with Crippen molar-refractivity contribution in [1.82, 2.24) is 9.97 Å². The van der Waals surface area contributed by atoms with Gasteiger partial charge >= 0.3 is 6.18 Å². The highest BCUT2D eigenvalue weighted by Crippen LogP contribution is 2.36. The van der Waals surface area contributed by atoms with E-state index < -0.39 is 12.8 Å². The van der Waals surface area contributed by atoms with E-state index in [2.05, 4.69) is 14.7 Å². The van der Waals surface area contributed by atoms with Crippen LogP contribution in [0.3, 0.4) is 0 Å². The second-order valence-corrected chi connectivity index (χ2v) is 4.30. The first-order chi connectivity index (χ1) is 8.40. The fraction of sp³-hybridized carbons (Fsp3) is 0.333. The summed E-state index contributed by atoms with van der Waals surface area (Å²) < 4.78 is 46.2. The molecule has 2 aromatic rings. The topological polar surface area (TPSA) is 70.3 Å². The standard InChI is InChI=1S/C9H8F3N3O2S/c1-16-7-5-6(18-8(13)15-5)4(2-14-7)17-3-9(10,11)12/h2H,3H2,1H3,(H2,13,15). The maximum atomic E-state index is 12.1. The van der Waals surface area contributed by atoms with Gasteiger partial charge in [0.25, 0.3) is 0 Å². The quantitative estimate of drug-likeness (QED) is 0.932. The highest BCUT2D eigenvalue weighted by Gasteiger charge is 2.29. The van der Waals surface area contributed by atoms with Gasteiger partial charge < -0.3 is 15.2 Å². The van der Waals surface area contributed by atoms with Gasteiger partial charge in [0.05, 0.1) is 13.3 Å². The number of pyridine rings is 1. The fourth-order valence-electron chi connectivity index (χ4n) is 1.30. The van der Waals surface area contributed by atoms with Gasteiger partial charge in [0.2, 0.25) is 5.88 Å². The first-order valence-corrected chi connectivity index (χ1v) is 5.51. The molecule has 0 radical (unpaired) electrons. The van der Waals surface area contributed by atoms with E-state index in [0.717, 1.165) is 17.5 Å². The van der Waals surface area contributed by atoms with Crippen LogP contribution in [0, 0.1) is 0 Å². The van der Waals surface area contributed by atoms with E-state index in [1.807, 2.05) is 0 Å². The van der Waals surface area contributed by atoms with Gasteiger partial charge in [-0.2, -0.15) is 13.2 Å². The Morgan fingerprint density at radius 3 is 2.78 bits per heavy atom. The molecule has 0 aliphatic rings. The monoisotopic (exact) mass is 279 g/mol. The molecule has 2 aromatic heterocycles. The lowest BCUT2D eigenvalue weighted by molar-refractivity contribution is -0.153. The number of fused-ring (bicyclic) bond motifs is 1. The smallest absolute Gasteiger partial charge is 0.422 e. The predicted octanol–water partition coefficient (Wildman–Crippen LogP) is 2.22. The molecule has 0 saturated carbocycles. The summed E-state index contributed by atoms with van der Waals surface area (Å²) in [4.78, 5) is 7.75.